The third-order valence-corrected chi connectivity index (χ3v) is 4.13. The molecule has 2 N–H and O–H groups in total. The molecule has 1 heterocycles. The highest BCUT2D eigenvalue weighted by atomic mass is 32.1. The van der Waals surface area contributed by atoms with Crippen molar-refractivity contribution in [1.29, 1.82) is 0 Å². The highest BCUT2D eigenvalue weighted by molar-refractivity contribution is 7.14. The van der Waals surface area contributed by atoms with Crippen LogP contribution in [-0.4, -0.2) is 17.4 Å². The number of anilines is 2. The topological polar surface area (TPSA) is 54.0 Å². The number of carbonyl (C=O) groups is 1. The van der Waals surface area contributed by atoms with E-state index < -0.39 is 5.82 Å². The minimum atomic E-state index is -0.428. The fourth-order valence-corrected chi connectivity index (χ4v) is 2.93. The van der Waals surface area contributed by atoms with Crippen LogP contribution in [0.5, 0.6) is 0 Å². The molecule has 1 fully saturated rings. The zero-order valence-electron chi connectivity index (χ0n) is 11.6. The molecule has 3 rings (SSSR count). The van der Waals surface area contributed by atoms with Crippen LogP contribution in [0.2, 0.25) is 0 Å². The predicted molar refractivity (Wildman–Crippen MR) is 82.6 cm³/mol. The number of halogens is 1. The molecule has 1 aliphatic rings. The zero-order chi connectivity index (χ0) is 14.8. The van der Waals surface area contributed by atoms with E-state index in [1.54, 1.807) is 6.07 Å². The largest absolute Gasteiger partial charge is 0.382 e. The number of benzene rings is 1. The molecule has 21 heavy (non-hydrogen) atoms. The predicted octanol–water partition coefficient (Wildman–Crippen LogP) is 3.84. The number of hydrogen-bond donors (Lipinski definition) is 2. The molecule has 0 unspecified atom stereocenters. The Labute approximate surface area is 126 Å². The Kier molecular flexibility index (Phi) is 3.88. The normalized spacial score (nSPS) is 14.0. The summed E-state index contributed by atoms with van der Waals surface area (Å²) in [6, 6.07) is 4.47. The number of hydrogen-bond acceptors (Lipinski definition) is 4. The Bertz CT molecular complexity index is 667. The second-order valence-electron chi connectivity index (χ2n) is 5.00. The minimum absolute atomic E-state index is 0.233. The summed E-state index contributed by atoms with van der Waals surface area (Å²) in [5, 5.41) is 8.18. The fourth-order valence-electron chi connectivity index (χ4n) is 2.14. The van der Waals surface area contributed by atoms with Crippen LogP contribution in [0, 0.1) is 5.82 Å². The van der Waals surface area contributed by atoms with Gasteiger partial charge in [0.2, 0.25) is 0 Å². The van der Waals surface area contributed by atoms with Gasteiger partial charge in [-0.1, -0.05) is 6.07 Å². The molecule has 0 saturated heterocycles. The van der Waals surface area contributed by atoms with Gasteiger partial charge in [-0.05, 0) is 31.9 Å². The summed E-state index contributed by atoms with van der Waals surface area (Å²) in [5.41, 5.74) is 1.57. The Hall–Kier alpha value is -1.95. The lowest BCUT2D eigenvalue weighted by Crippen LogP contribution is -2.15. The average molecular weight is 305 g/mol. The van der Waals surface area contributed by atoms with E-state index in [4.69, 9.17) is 0 Å². The molecule has 0 radical (unpaired) electrons. The van der Waals surface area contributed by atoms with E-state index in [1.807, 2.05) is 12.3 Å². The standard InChI is InChI=1S/C15H16FN3OS/c1-2-17-13-10(4-3-5-11(13)16)14(20)19-15-18-12(8-21-15)9-6-7-9/h3-5,8-9,17H,2,6-7H2,1H3,(H,18,19,20). The number of aromatic nitrogens is 1. The third kappa shape index (κ3) is 3.05. The monoisotopic (exact) mass is 305 g/mol. The SMILES string of the molecule is CCNc1c(F)cccc1C(=O)Nc1nc(C2CC2)cs1. The van der Waals surface area contributed by atoms with Crippen LogP contribution in [0.3, 0.4) is 0 Å². The molecular weight excluding hydrogens is 289 g/mol. The quantitative estimate of drug-likeness (QED) is 0.882. The van der Waals surface area contributed by atoms with Crippen molar-refractivity contribution in [3.05, 3.63) is 40.7 Å². The summed E-state index contributed by atoms with van der Waals surface area (Å²) in [6.45, 7) is 2.40. The summed E-state index contributed by atoms with van der Waals surface area (Å²) in [4.78, 5) is 16.7. The van der Waals surface area contributed by atoms with Crippen LogP contribution in [-0.2, 0) is 0 Å². The number of amides is 1. The molecular formula is C15H16FN3OS. The molecule has 0 bridgehead atoms. The Morgan fingerprint density at radius 2 is 2.29 bits per heavy atom. The summed E-state index contributed by atoms with van der Waals surface area (Å²) in [7, 11) is 0. The number of nitrogens with one attached hydrogen (secondary N) is 2. The van der Waals surface area contributed by atoms with Crippen LogP contribution in [0.1, 0.15) is 41.7 Å². The molecule has 1 aromatic carbocycles. The van der Waals surface area contributed by atoms with Gasteiger partial charge >= 0.3 is 0 Å². The van der Waals surface area contributed by atoms with Crippen molar-refractivity contribution in [3.63, 3.8) is 0 Å². The van der Waals surface area contributed by atoms with Crippen LogP contribution < -0.4 is 10.6 Å². The number of thiazole rings is 1. The molecule has 0 aliphatic heterocycles. The van der Waals surface area contributed by atoms with E-state index in [1.165, 1.54) is 36.3 Å². The van der Waals surface area contributed by atoms with Gasteiger partial charge in [0.25, 0.3) is 5.91 Å². The van der Waals surface area contributed by atoms with Gasteiger partial charge in [0, 0.05) is 17.8 Å². The van der Waals surface area contributed by atoms with Crippen LogP contribution >= 0.6 is 11.3 Å². The Balaban J connectivity index is 1.79. The molecule has 1 amide bonds. The van der Waals surface area contributed by atoms with E-state index in [0.717, 1.165) is 5.69 Å². The highest BCUT2D eigenvalue weighted by Crippen LogP contribution is 2.40. The van der Waals surface area contributed by atoms with Gasteiger partial charge in [0.15, 0.2) is 5.13 Å². The molecule has 2 aromatic rings. The van der Waals surface area contributed by atoms with Gasteiger partial charge in [-0.2, -0.15) is 0 Å². The van der Waals surface area contributed by atoms with E-state index in [0.29, 0.717) is 23.2 Å². The first-order valence-electron chi connectivity index (χ1n) is 6.98. The van der Waals surface area contributed by atoms with Crippen LogP contribution in [0.4, 0.5) is 15.2 Å². The molecule has 1 aromatic heterocycles. The summed E-state index contributed by atoms with van der Waals surface area (Å²) < 4.78 is 13.8. The molecule has 0 atom stereocenters. The lowest BCUT2D eigenvalue weighted by molar-refractivity contribution is 0.102. The Morgan fingerprint density at radius 1 is 1.48 bits per heavy atom. The lowest BCUT2D eigenvalue weighted by atomic mass is 10.1. The first-order valence-corrected chi connectivity index (χ1v) is 7.86. The van der Waals surface area contributed by atoms with Gasteiger partial charge in [0.05, 0.1) is 16.9 Å². The second kappa shape index (κ2) is 5.81. The zero-order valence-corrected chi connectivity index (χ0v) is 12.5. The molecule has 0 spiro atoms. The summed E-state index contributed by atoms with van der Waals surface area (Å²) in [5.74, 6) is -0.220. The maximum Gasteiger partial charge on any atom is 0.259 e. The number of para-hydroxylation sites is 1. The second-order valence-corrected chi connectivity index (χ2v) is 5.86. The van der Waals surface area contributed by atoms with Crippen molar-refractivity contribution in [2.75, 3.05) is 17.2 Å². The maximum atomic E-state index is 13.8. The van der Waals surface area contributed by atoms with E-state index in [2.05, 4.69) is 15.6 Å². The number of carbonyl (C=O) groups excluding carboxylic acids is 1. The van der Waals surface area contributed by atoms with Crippen molar-refractivity contribution in [2.45, 2.75) is 25.7 Å². The highest BCUT2D eigenvalue weighted by Gasteiger charge is 2.26. The van der Waals surface area contributed by atoms with Gasteiger partial charge in [-0.15, -0.1) is 11.3 Å². The summed E-state index contributed by atoms with van der Waals surface area (Å²) in [6.07, 6.45) is 2.34. The van der Waals surface area contributed by atoms with Crippen molar-refractivity contribution >= 4 is 28.1 Å². The fraction of sp³-hybridized carbons (Fsp3) is 0.333. The number of nitrogens with zero attached hydrogens (tertiary/aromatic N) is 1. The van der Waals surface area contributed by atoms with Gasteiger partial charge in [-0.25, -0.2) is 9.37 Å². The van der Waals surface area contributed by atoms with E-state index in [9.17, 15) is 9.18 Å². The first kappa shape index (κ1) is 14.0. The smallest absolute Gasteiger partial charge is 0.259 e. The van der Waals surface area contributed by atoms with Crippen LogP contribution in [0.25, 0.3) is 0 Å². The molecule has 1 aliphatic carbocycles. The van der Waals surface area contributed by atoms with Crippen molar-refractivity contribution in [3.8, 4) is 0 Å². The van der Waals surface area contributed by atoms with Gasteiger partial charge in [0.1, 0.15) is 5.82 Å². The van der Waals surface area contributed by atoms with E-state index >= 15 is 0 Å². The molecule has 4 nitrogen and oxygen atoms in total. The summed E-state index contributed by atoms with van der Waals surface area (Å²) >= 11 is 1.41. The molecule has 6 heteroatoms. The first-order chi connectivity index (χ1) is 10.2. The van der Waals surface area contributed by atoms with E-state index in [-0.39, 0.29) is 11.6 Å². The molecule has 110 valence electrons. The number of rotatable bonds is 5. The van der Waals surface area contributed by atoms with Crippen LogP contribution in [0.15, 0.2) is 23.6 Å². The van der Waals surface area contributed by atoms with Crippen molar-refractivity contribution in [1.82, 2.24) is 4.98 Å². The van der Waals surface area contributed by atoms with Crippen molar-refractivity contribution < 1.29 is 9.18 Å². The maximum absolute atomic E-state index is 13.8. The Morgan fingerprint density at radius 3 is 3.00 bits per heavy atom. The van der Waals surface area contributed by atoms with Gasteiger partial charge < -0.3 is 5.32 Å². The average Bonchev–Trinajstić information content (AvgIpc) is 3.22. The van der Waals surface area contributed by atoms with Crippen molar-refractivity contribution in [2.24, 2.45) is 0 Å². The van der Waals surface area contributed by atoms with Gasteiger partial charge in [-0.3, -0.25) is 10.1 Å². The lowest BCUT2D eigenvalue weighted by Gasteiger charge is -2.10. The minimum Gasteiger partial charge on any atom is -0.382 e. The molecule has 1 saturated carbocycles. The third-order valence-electron chi connectivity index (χ3n) is 3.35.